The van der Waals surface area contributed by atoms with Gasteiger partial charge in [-0.05, 0) is 48.3 Å². The van der Waals surface area contributed by atoms with E-state index in [1.807, 2.05) is 0 Å². The Balaban J connectivity index is 1.96. The summed E-state index contributed by atoms with van der Waals surface area (Å²) in [6.07, 6.45) is 5.59. The van der Waals surface area contributed by atoms with E-state index in [0.717, 1.165) is 17.8 Å². The molecule has 2 bridgehead atoms. The van der Waals surface area contributed by atoms with Crippen LogP contribution >= 0.6 is 0 Å². The molecule has 3 aliphatic carbocycles. The summed E-state index contributed by atoms with van der Waals surface area (Å²) in [4.78, 5) is 0. The van der Waals surface area contributed by atoms with Crippen molar-refractivity contribution in [3.8, 4) is 0 Å². The van der Waals surface area contributed by atoms with E-state index in [1.54, 1.807) is 0 Å². The minimum Gasteiger partial charge on any atom is -0.392 e. The van der Waals surface area contributed by atoms with Crippen LogP contribution in [0.5, 0.6) is 0 Å². The highest BCUT2D eigenvalue weighted by Crippen LogP contribution is 2.65. The van der Waals surface area contributed by atoms with Crippen LogP contribution in [0.3, 0.4) is 0 Å². The van der Waals surface area contributed by atoms with Crippen LogP contribution in [0.1, 0.15) is 39.5 Å². The van der Waals surface area contributed by atoms with Crippen LogP contribution in [0.4, 0.5) is 0 Å². The van der Waals surface area contributed by atoms with E-state index in [1.165, 1.54) is 25.7 Å². The van der Waals surface area contributed by atoms with Gasteiger partial charge in [-0.15, -0.1) is 0 Å². The summed E-state index contributed by atoms with van der Waals surface area (Å²) in [5.74, 6) is 3.36. The van der Waals surface area contributed by atoms with E-state index in [2.05, 4.69) is 13.8 Å². The molecular weight excluding hydrogens is 160 g/mol. The van der Waals surface area contributed by atoms with Gasteiger partial charge in [0.25, 0.3) is 0 Å². The number of aliphatic hydroxyl groups excluding tert-OH is 1. The first-order valence-electron chi connectivity index (χ1n) is 5.80. The summed E-state index contributed by atoms with van der Waals surface area (Å²) >= 11 is 0. The van der Waals surface area contributed by atoms with Crippen LogP contribution in [0.25, 0.3) is 0 Å². The Morgan fingerprint density at radius 1 is 1.08 bits per heavy atom. The minimum absolute atomic E-state index is 0.00292. The first kappa shape index (κ1) is 8.28. The van der Waals surface area contributed by atoms with E-state index >= 15 is 0 Å². The van der Waals surface area contributed by atoms with Gasteiger partial charge in [0.05, 0.1) is 6.10 Å². The minimum atomic E-state index is -0.00292. The Hall–Kier alpha value is -0.0400. The van der Waals surface area contributed by atoms with Gasteiger partial charge in [-0.25, -0.2) is 0 Å². The molecule has 0 spiro atoms. The summed E-state index contributed by atoms with van der Waals surface area (Å²) in [7, 11) is 0. The number of rotatable bonds is 0. The summed E-state index contributed by atoms with van der Waals surface area (Å²) in [6.45, 7) is 4.55. The Morgan fingerprint density at radius 3 is 2.54 bits per heavy atom. The van der Waals surface area contributed by atoms with Crippen molar-refractivity contribution in [1.82, 2.24) is 0 Å². The molecule has 1 N–H and O–H groups in total. The first-order chi connectivity index (χ1) is 6.12. The average molecular weight is 180 g/mol. The van der Waals surface area contributed by atoms with Gasteiger partial charge in [0.1, 0.15) is 0 Å². The van der Waals surface area contributed by atoms with Gasteiger partial charge < -0.3 is 5.11 Å². The van der Waals surface area contributed by atoms with Crippen molar-refractivity contribution in [1.29, 1.82) is 0 Å². The lowest BCUT2D eigenvalue weighted by atomic mass is 9.66. The fourth-order valence-electron chi connectivity index (χ4n) is 4.68. The highest BCUT2D eigenvalue weighted by molar-refractivity contribution is 5.10. The number of aliphatic hydroxyl groups is 1. The smallest absolute Gasteiger partial charge is 0.0624 e. The molecule has 0 heterocycles. The SMILES string of the molecule is CC1(C)C(O)C2CC1C1CCCC21. The van der Waals surface area contributed by atoms with Crippen molar-refractivity contribution >= 4 is 0 Å². The van der Waals surface area contributed by atoms with Gasteiger partial charge >= 0.3 is 0 Å². The van der Waals surface area contributed by atoms with Crippen LogP contribution in [0.2, 0.25) is 0 Å². The molecule has 0 radical (unpaired) electrons. The fourth-order valence-corrected chi connectivity index (χ4v) is 4.68. The maximum Gasteiger partial charge on any atom is 0.0624 e. The lowest BCUT2D eigenvalue weighted by Gasteiger charge is -2.41. The third-order valence-electron chi connectivity index (χ3n) is 5.34. The predicted molar refractivity (Wildman–Crippen MR) is 52.2 cm³/mol. The second-order valence-electron chi connectivity index (χ2n) is 6.03. The zero-order valence-corrected chi connectivity index (χ0v) is 8.66. The van der Waals surface area contributed by atoms with Crippen molar-refractivity contribution in [3.63, 3.8) is 0 Å². The van der Waals surface area contributed by atoms with Gasteiger partial charge in [-0.1, -0.05) is 20.3 Å². The van der Waals surface area contributed by atoms with Crippen LogP contribution in [0, 0.1) is 29.1 Å². The summed E-state index contributed by atoms with van der Waals surface area (Å²) in [5, 5.41) is 10.2. The maximum atomic E-state index is 10.2. The lowest BCUT2D eigenvalue weighted by molar-refractivity contribution is -0.0378. The standard InChI is InChI=1S/C12H20O/c1-12(2)10-6-9(11(12)13)7-4-3-5-8(7)10/h7-11,13H,3-6H2,1-2H3. The van der Waals surface area contributed by atoms with Gasteiger partial charge in [-0.3, -0.25) is 0 Å². The number of hydrogen-bond acceptors (Lipinski definition) is 1. The molecule has 0 saturated heterocycles. The van der Waals surface area contributed by atoms with E-state index < -0.39 is 0 Å². The van der Waals surface area contributed by atoms with Crippen molar-refractivity contribution in [2.75, 3.05) is 0 Å². The molecule has 0 amide bonds. The molecule has 0 aromatic heterocycles. The molecule has 3 saturated carbocycles. The summed E-state index contributed by atoms with van der Waals surface area (Å²) in [5.41, 5.74) is 0.218. The molecule has 3 fully saturated rings. The zero-order valence-electron chi connectivity index (χ0n) is 8.66. The molecule has 5 atom stereocenters. The number of fused-ring (bicyclic) bond motifs is 5. The van der Waals surface area contributed by atoms with Gasteiger partial charge in [0.15, 0.2) is 0 Å². The van der Waals surface area contributed by atoms with E-state index in [9.17, 15) is 5.11 Å². The van der Waals surface area contributed by atoms with Crippen molar-refractivity contribution in [2.45, 2.75) is 45.6 Å². The molecule has 3 rings (SSSR count). The van der Waals surface area contributed by atoms with E-state index in [0.29, 0.717) is 5.92 Å². The lowest BCUT2D eigenvalue weighted by Crippen LogP contribution is -2.42. The second kappa shape index (κ2) is 2.31. The molecule has 0 aliphatic heterocycles. The second-order valence-corrected chi connectivity index (χ2v) is 6.03. The zero-order chi connectivity index (χ0) is 9.22. The van der Waals surface area contributed by atoms with Crippen LogP contribution < -0.4 is 0 Å². The first-order valence-corrected chi connectivity index (χ1v) is 5.80. The molecule has 1 heteroatoms. The molecule has 3 aliphatic rings. The molecule has 13 heavy (non-hydrogen) atoms. The molecule has 0 aromatic rings. The third-order valence-corrected chi connectivity index (χ3v) is 5.34. The van der Waals surface area contributed by atoms with Crippen molar-refractivity contribution < 1.29 is 5.11 Å². The van der Waals surface area contributed by atoms with Crippen LogP contribution in [-0.4, -0.2) is 11.2 Å². The Kier molecular flexibility index (Phi) is 1.47. The molecule has 0 aromatic carbocycles. The largest absolute Gasteiger partial charge is 0.392 e. The maximum absolute atomic E-state index is 10.2. The van der Waals surface area contributed by atoms with Gasteiger partial charge in [0, 0.05) is 0 Å². The average Bonchev–Trinajstić information content (AvgIpc) is 2.63. The van der Waals surface area contributed by atoms with Crippen molar-refractivity contribution in [2.24, 2.45) is 29.1 Å². The molecular formula is C12H20O. The quantitative estimate of drug-likeness (QED) is 0.607. The Labute approximate surface area is 80.5 Å². The van der Waals surface area contributed by atoms with Crippen molar-refractivity contribution in [3.05, 3.63) is 0 Å². The van der Waals surface area contributed by atoms with Crippen LogP contribution in [-0.2, 0) is 0 Å². The van der Waals surface area contributed by atoms with E-state index in [4.69, 9.17) is 0 Å². The molecule has 74 valence electrons. The fraction of sp³-hybridized carbons (Fsp3) is 1.00. The predicted octanol–water partition coefficient (Wildman–Crippen LogP) is 2.44. The monoisotopic (exact) mass is 180 g/mol. The molecule has 1 nitrogen and oxygen atoms in total. The Morgan fingerprint density at radius 2 is 1.77 bits per heavy atom. The summed E-state index contributed by atoms with van der Waals surface area (Å²) < 4.78 is 0. The normalized spacial score (nSPS) is 57.0. The number of hydrogen-bond donors (Lipinski definition) is 1. The van der Waals surface area contributed by atoms with Gasteiger partial charge in [-0.2, -0.15) is 0 Å². The molecule has 5 unspecified atom stereocenters. The highest BCUT2D eigenvalue weighted by Gasteiger charge is 2.61. The third kappa shape index (κ3) is 0.823. The Bertz CT molecular complexity index is 231. The summed E-state index contributed by atoms with van der Waals surface area (Å²) in [6, 6.07) is 0. The highest BCUT2D eigenvalue weighted by atomic mass is 16.3. The van der Waals surface area contributed by atoms with Crippen LogP contribution in [0.15, 0.2) is 0 Å². The van der Waals surface area contributed by atoms with E-state index in [-0.39, 0.29) is 11.5 Å². The van der Waals surface area contributed by atoms with Gasteiger partial charge in [0.2, 0.25) is 0 Å². The topological polar surface area (TPSA) is 20.2 Å².